The van der Waals surface area contributed by atoms with Gasteiger partial charge in [0.25, 0.3) is 5.91 Å². The summed E-state index contributed by atoms with van der Waals surface area (Å²) in [5.74, 6) is -1.23. The fourth-order valence-electron chi connectivity index (χ4n) is 2.24. The summed E-state index contributed by atoms with van der Waals surface area (Å²) in [6.07, 6.45) is 0.835. The normalized spacial score (nSPS) is 12.3. The predicted molar refractivity (Wildman–Crippen MR) is 94.2 cm³/mol. The first kappa shape index (κ1) is 19.3. The molecule has 0 bridgehead atoms. The van der Waals surface area contributed by atoms with E-state index >= 15 is 0 Å². The van der Waals surface area contributed by atoms with Gasteiger partial charge in [0.05, 0.1) is 16.7 Å². The molecule has 1 aromatic heterocycles. The van der Waals surface area contributed by atoms with Crippen molar-refractivity contribution in [3.05, 3.63) is 45.4 Å². The molecule has 25 heavy (non-hydrogen) atoms. The van der Waals surface area contributed by atoms with Crippen molar-refractivity contribution in [2.24, 2.45) is 5.92 Å². The first-order valence-electron chi connectivity index (χ1n) is 8.11. The molecule has 0 spiro atoms. The molecule has 1 amide bonds. The van der Waals surface area contributed by atoms with Gasteiger partial charge in [-0.05, 0) is 31.9 Å². The van der Waals surface area contributed by atoms with Gasteiger partial charge in [-0.25, -0.2) is 13.8 Å². The standard InChI is InChI=1S/C18H22F2N2O2S/c1-10(2)7-16-22-12(4)17(25-16)18(23)21-11(3)9-24-15-6-5-13(19)8-14(15)20/h5-6,8,10-11H,7,9H2,1-4H3,(H,21,23). The van der Waals surface area contributed by atoms with Crippen LogP contribution in [-0.4, -0.2) is 23.5 Å². The second-order valence-corrected chi connectivity index (χ2v) is 7.46. The van der Waals surface area contributed by atoms with Gasteiger partial charge in [0.15, 0.2) is 11.6 Å². The third kappa shape index (κ3) is 5.49. The minimum atomic E-state index is -0.768. The topological polar surface area (TPSA) is 51.2 Å². The van der Waals surface area contributed by atoms with E-state index in [1.165, 1.54) is 17.4 Å². The van der Waals surface area contributed by atoms with Crippen LogP contribution in [0.3, 0.4) is 0 Å². The van der Waals surface area contributed by atoms with E-state index < -0.39 is 11.6 Å². The van der Waals surface area contributed by atoms with E-state index in [0.717, 1.165) is 23.6 Å². The van der Waals surface area contributed by atoms with Crippen molar-refractivity contribution in [2.45, 2.75) is 40.2 Å². The third-order valence-electron chi connectivity index (χ3n) is 3.39. The Morgan fingerprint density at radius 3 is 2.68 bits per heavy atom. The van der Waals surface area contributed by atoms with Gasteiger partial charge in [-0.3, -0.25) is 4.79 Å². The summed E-state index contributed by atoms with van der Waals surface area (Å²) in [6, 6.07) is 2.77. The minimum absolute atomic E-state index is 0.0457. The van der Waals surface area contributed by atoms with Crippen molar-refractivity contribution in [1.29, 1.82) is 0 Å². The van der Waals surface area contributed by atoms with E-state index in [4.69, 9.17) is 4.74 Å². The first-order valence-corrected chi connectivity index (χ1v) is 8.93. The number of halogens is 2. The zero-order valence-electron chi connectivity index (χ0n) is 14.7. The Kier molecular flexibility index (Phi) is 6.47. The third-order valence-corrected chi connectivity index (χ3v) is 4.57. The summed E-state index contributed by atoms with van der Waals surface area (Å²) in [5, 5.41) is 3.75. The number of nitrogens with zero attached hydrogens (tertiary/aromatic N) is 1. The molecule has 136 valence electrons. The Morgan fingerprint density at radius 2 is 2.04 bits per heavy atom. The molecule has 7 heteroatoms. The van der Waals surface area contributed by atoms with E-state index in [1.807, 2.05) is 6.92 Å². The van der Waals surface area contributed by atoms with Gasteiger partial charge in [-0.15, -0.1) is 11.3 Å². The zero-order chi connectivity index (χ0) is 18.6. The molecule has 0 saturated carbocycles. The lowest BCUT2D eigenvalue weighted by Crippen LogP contribution is -2.36. The molecule has 2 rings (SSSR count). The first-order chi connectivity index (χ1) is 11.8. The fourth-order valence-corrected chi connectivity index (χ4v) is 3.42. The molecule has 0 fully saturated rings. The van der Waals surface area contributed by atoms with Gasteiger partial charge in [-0.2, -0.15) is 0 Å². The maximum atomic E-state index is 13.5. The van der Waals surface area contributed by atoms with Crippen LogP contribution < -0.4 is 10.1 Å². The molecule has 0 aliphatic heterocycles. The van der Waals surface area contributed by atoms with Crippen LogP contribution in [0.1, 0.15) is 41.1 Å². The molecule has 1 aromatic carbocycles. The molecule has 1 N–H and O–H groups in total. The maximum absolute atomic E-state index is 13.5. The van der Waals surface area contributed by atoms with E-state index in [0.29, 0.717) is 16.5 Å². The van der Waals surface area contributed by atoms with Gasteiger partial charge in [0.2, 0.25) is 0 Å². The lowest BCUT2D eigenvalue weighted by atomic mass is 10.1. The number of carbonyl (C=O) groups is 1. The molecule has 1 unspecified atom stereocenters. The van der Waals surface area contributed by atoms with Crippen molar-refractivity contribution in [1.82, 2.24) is 10.3 Å². The monoisotopic (exact) mass is 368 g/mol. The van der Waals surface area contributed by atoms with Crippen LogP contribution in [0.5, 0.6) is 5.75 Å². The van der Waals surface area contributed by atoms with Crippen molar-refractivity contribution in [3.63, 3.8) is 0 Å². The minimum Gasteiger partial charge on any atom is -0.488 e. The number of hydrogen-bond acceptors (Lipinski definition) is 4. The van der Waals surface area contributed by atoms with Crippen LogP contribution in [0.4, 0.5) is 8.78 Å². The number of benzene rings is 1. The van der Waals surface area contributed by atoms with Gasteiger partial charge in [0, 0.05) is 12.5 Å². The van der Waals surface area contributed by atoms with Gasteiger partial charge < -0.3 is 10.1 Å². The highest BCUT2D eigenvalue weighted by Crippen LogP contribution is 2.21. The van der Waals surface area contributed by atoms with Crippen LogP contribution in [0.25, 0.3) is 0 Å². The predicted octanol–water partition coefficient (Wildman–Crippen LogP) is 4.13. The van der Waals surface area contributed by atoms with Crippen LogP contribution >= 0.6 is 11.3 Å². The summed E-state index contributed by atoms with van der Waals surface area (Å²) < 4.78 is 31.7. The number of amides is 1. The molecule has 1 atom stereocenters. The summed E-state index contributed by atoms with van der Waals surface area (Å²) in [5.41, 5.74) is 0.704. The number of rotatable bonds is 7. The highest BCUT2D eigenvalue weighted by atomic mass is 32.1. The molecular weight excluding hydrogens is 346 g/mol. The Bertz CT molecular complexity index is 747. The average molecular weight is 368 g/mol. The molecule has 2 aromatic rings. The molecule has 4 nitrogen and oxygen atoms in total. The SMILES string of the molecule is Cc1nc(CC(C)C)sc1C(=O)NC(C)COc1ccc(F)cc1F. The summed E-state index contributed by atoms with van der Waals surface area (Å²) in [6.45, 7) is 7.84. The van der Waals surface area contributed by atoms with Crippen molar-refractivity contribution < 1.29 is 18.3 Å². The van der Waals surface area contributed by atoms with Crippen LogP contribution in [0.2, 0.25) is 0 Å². The maximum Gasteiger partial charge on any atom is 0.263 e. The molecule has 0 radical (unpaired) electrons. The lowest BCUT2D eigenvalue weighted by Gasteiger charge is -2.15. The van der Waals surface area contributed by atoms with Gasteiger partial charge >= 0.3 is 0 Å². The number of hydrogen-bond donors (Lipinski definition) is 1. The number of carbonyl (C=O) groups excluding carboxylic acids is 1. The van der Waals surface area contributed by atoms with Crippen LogP contribution in [0, 0.1) is 24.5 Å². The molecular formula is C18H22F2N2O2S. The smallest absolute Gasteiger partial charge is 0.263 e. The quantitative estimate of drug-likeness (QED) is 0.800. The fraction of sp³-hybridized carbons (Fsp3) is 0.444. The Labute approximate surface area is 150 Å². The van der Waals surface area contributed by atoms with Crippen molar-refractivity contribution in [2.75, 3.05) is 6.61 Å². The van der Waals surface area contributed by atoms with Gasteiger partial charge in [-0.1, -0.05) is 13.8 Å². The van der Waals surface area contributed by atoms with Crippen molar-refractivity contribution >= 4 is 17.2 Å². The largest absolute Gasteiger partial charge is 0.488 e. The number of ether oxygens (including phenoxy) is 1. The second kappa shape index (κ2) is 8.38. The average Bonchev–Trinajstić information content (AvgIpc) is 2.86. The summed E-state index contributed by atoms with van der Waals surface area (Å²) in [4.78, 5) is 17.4. The van der Waals surface area contributed by atoms with E-state index in [2.05, 4.69) is 24.1 Å². The van der Waals surface area contributed by atoms with E-state index in [-0.39, 0.29) is 24.3 Å². The van der Waals surface area contributed by atoms with E-state index in [9.17, 15) is 13.6 Å². The lowest BCUT2D eigenvalue weighted by molar-refractivity contribution is 0.0929. The Hall–Kier alpha value is -2.02. The highest BCUT2D eigenvalue weighted by molar-refractivity contribution is 7.13. The number of thiazole rings is 1. The van der Waals surface area contributed by atoms with Gasteiger partial charge in [0.1, 0.15) is 17.3 Å². The number of nitrogens with one attached hydrogen (secondary N) is 1. The molecule has 1 heterocycles. The highest BCUT2D eigenvalue weighted by Gasteiger charge is 2.18. The molecule has 0 saturated heterocycles. The second-order valence-electron chi connectivity index (χ2n) is 6.38. The molecule has 0 aliphatic carbocycles. The molecule has 0 aliphatic rings. The number of aromatic nitrogens is 1. The Morgan fingerprint density at radius 1 is 1.32 bits per heavy atom. The van der Waals surface area contributed by atoms with Crippen LogP contribution in [-0.2, 0) is 6.42 Å². The van der Waals surface area contributed by atoms with E-state index in [1.54, 1.807) is 6.92 Å². The zero-order valence-corrected chi connectivity index (χ0v) is 15.5. The summed E-state index contributed by atoms with van der Waals surface area (Å²) in [7, 11) is 0. The van der Waals surface area contributed by atoms with Crippen molar-refractivity contribution in [3.8, 4) is 5.75 Å². The Balaban J connectivity index is 1.92. The van der Waals surface area contributed by atoms with Crippen LogP contribution in [0.15, 0.2) is 18.2 Å². The summed E-state index contributed by atoms with van der Waals surface area (Å²) >= 11 is 1.39. The number of aryl methyl sites for hydroxylation is 1.